The van der Waals surface area contributed by atoms with Gasteiger partial charge in [-0.2, -0.15) is 8.42 Å². The molecule has 104 valence electrons. The lowest BCUT2D eigenvalue weighted by molar-refractivity contribution is 0.597. The second-order valence-electron chi connectivity index (χ2n) is 4.33. The molecule has 0 radical (unpaired) electrons. The number of benzene rings is 1. The highest BCUT2D eigenvalue weighted by molar-refractivity contribution is 7.92. The maximum atomic E-state index is 12.4. The molecule has 3 aromatic rings. The Kier molecular flexibility index (Phi) is 2.91. The summed E-state index contributed by atoms with van der Waals surface area (Å²) in [6.45, 7) is 1.93. The number of thiazole rings is 1. The van der Waals surface area contributed by atoms with Gasteiger partial charge in [0, 0.05) is 17.3 Å². The van der Waals surface area contributed by atoms with Crippen molar-refractivity contribution in [3.63, 3.8) is 0 Å². The van der Waals surface area contributed by atoms with Gasteiger partial charge in [-0.3, -0.25) is 9.12 Å². The number of hydrogen-bond acceptors (Lipinski definition) is 5. The van der Waals surface area contributed by atoms with Crippen LogP contribution in [0.2, 0.25) is 0 Å². The highest BCUT2D eigenvalue weighted by Crippen LogP contribution is 2.25. The van der Waals surface area contributed by atoms with Crippen LogP contribution in [0.4, 0.5) is 11.5 Å². The molecular weight excluding hydrogens is 296 g/mol. The average molecular weight is 308 g/mol. The van der Waals surface area contributed by atoms with Gasteiger partial charge >= 0.3 is 0 Å². The van der Waals surface area contributed by atoms with Crippen LogP contribution < -0.4 is 10.5 Å². The molecule has 0 saturated heterocycles. The SMILES string of the molecule is Cc1ccc(NS(=O)(=O)c2c(N)nc3sccn23)cc1. The van der Waals surface area contributed by atoms with Gasteiger partial charge in [0.25, 0.3) is 10.0 Å². The maximum Gasteiger partial charge on any atom is 0.281 e. The summed E-state index contributed by atoms with van der Waals surface area (Å²) >= 11 is 1.33. The van der Waals surface area contributed by atoms with Crippen molar-refractivity contribution in [3.05, 3.63) is 41.4 Å². The predicted molar refractivity (Wildman–Crippen MR) is 79.5 cm³/mol. The third kappa shape index (κ3) is 2.12. The van der Waals surface area contributed by atoms with Crippen molar-refractivity contribution in [2.24, 2.45) is 0 Å². The average Bonchev–Trinajstić information content (AvgIpc) is 2.91. The fourth-order valence-electron chi connectivity index (χ4n) is 1.87. The number of fused-ring (bicyclic) bond motifs is 1. The van der Waals surface area contributed by atoms with Gasteiger partial charge in [-0.1, -0.05) is 17.7 Å². The molecule has 0 aliphatic heterocycles. The number of nitrogens with one attached hydrogen (secondary N) is 1. The third-order valence-electron chi connectivity index (χ3n) is 2.80. The Morgan fingerprint density at radius 3 is 2.70 bits per heavy atom. The Morgan fingerprint density at radius 2 is 2.00 bits per heavy atom. The Labute approximate surface area is 119 Å². The molecule has 0 bridgehead atoms. The van der Waals surface area contributed by atoms with Gasteiger partial charge in [-0.25, -0.2) is 4.98 Å². The smallest absolute Gasteiger partial charge is 0.281 e. The molecule has 0 aliphatic rings. The Balaban J connectivity index is 2.05. The first kappa shape index (κ1) is 12.9. The number of rotatable bonds is 3. The Morgan fingerprint density at radius 1 is 1.30 bits per heavy atom. The van der Waals surface area contributed by atoms with E-state index in [4.69, 9.17) is 5.73 Å². The minimum absolute atomic E-state index is 0.00328. The second kappa shape index (κ2) is 4.50. The molecule has 0 unspecified atom stereocenters. The number of nitrogen functional groups attached to an aromatic ring is 1. The van der Waals surface area contributed by atoms with Crippen molar-refractivity contribution in [1.29, 1.82) is 0 Å². The molecule has 0 fully saturated rings. The van der Waals surface area contributed by atoms with E-state index >= 15 is 0 Å². The zero-order valence-electron chi connectivity index (χ0n) is 10.6. The summed E-state index contributed by atoms with van der Waals surface area (Å²) in [5.74, 6) is -0.00328. The topological polar surface area (TPSA) is 89.5 Å². The van der Waals surface area contributed by atoms with Gasteiger partial charge in [0.15, 0.2) is 10.8 Å². The molecule has 6 nitrogen and oxygen atoms in total. The second-order valence-corrected chi connectivity index (χ2v) is 6.80. The van der Waals surface area contributed by atoms with Crippen LogP contribution in [0.1, 0.15) is 5.56 Å². The van der Waals surface area contributed by atoms with Crippen molar-refractivity contribution in [3.8, 4) is 0 Å². The molecule has 8 heteroatoms. The number of sulfonamides is 1. The highest BCUT2D eigenvalue weighted by atomic mass is 32.2. The first-order valence-electron chi connectivity index (χ1n) is 5.78. The molecule has 3 N–H and O–H groups in total. The van der Waals surface area contributed by atoms with Gasteiger partial charge in [0.2, 0.25) is 5.03 Å². The zero-order chi connectivity index (χ0) is 14.3. The van der Waals surface area contributed by atoms with Crippen molar-refractivity contribution >= 4 is 37.8 Å². The Bertz CT molecular complexity index is 863. The monoisotopic (exact) mass is 308 g/mol. The third-order valence-corrected chi connectivity index (χ3v) is 4.98. The van der Waals surface area contributed by atoms with Crippen LogP contribution >= 0.6 is 11.3 Å². The number of aryl methyl sites for hydroxylation is 1. The van der Waals surface area contributed by atoms with Crippen molar-refractivity contribution in [2.45, 2.75) is 11.9 Å². The van der Waals surface area contributed by atoms with E-state index in [1.807, 2.05) is 19.1 Å². The summed E-state index contributed by atoms with van der Waals surface area (Å²) in [5, 5.41) is 1.72. The molecular formula is C12H12N4O2S2. The fourth-order valence-corrected chi connectivity index (χ4v) is 3.92. The standard InChI is InChI=1S/C12H12N4O2S2/c1-8-2-4-9(5-3-8)15-20(17,18)11-10(13)14-12-16(11)6-7-19-12/h2-7,15H,13H2,1H3. The molecule has 0 aliphatic carbocycles. The molecule has 3 rings (SSSR count). The van der Waals surface area contributed by atoms with Crippen molar-refractivity contribution in [2.75, 3.05) is 10.5 Å². The fraction of sp³-hybridized carbons (Fsp3) is 0.0833. The van der Waals surface area contributed by atoms with Gasteiger partial charge in [-0.05, 0) is 19.1 Å². The van der Waals surface area contributed by atoms with Gasteiger partial charge < -0.3 is 5.73 Å². The van der Waals surface area contributed by atoms with Crippen LogP contribution in [0.25, 0.3) is 4.96 Å². The molecule has 20 heavy (non-hydrogen) atoms. The van der Waals surface area contributed by atoms with Gasteiger partial charge in [-0.15, -0.1) is 11.3 Å². The molecule has 1 aromatic carbocycles. The van der Waals surface area contributed by atoms with E-state index in [0.29, 0.717) is 10.6 Å². The summed E-state index contributed by atoms with van der Waals surface area (Å²) in [7, 11) is -3.78. The summed E-state index contributed by atoms with van der Waals surface area (Å²) in [4.78, 5) is 4.58. The lowest BCUT2D eigenvalue weighted by Gasteiger charge is -2.08. The number of aromatic nitrogens is 2. The van der Waals surface area contributed by atoms with Crippen LogP contribution in [0.15, 0.2) is 40.9 Å². The zero-order valence-corrected chi connectivity index (χ0v) is 12.2. The summed E-state index contributed by atoms with van der Waals surface area (Å²) in [6, 6.07) is 7.07. The van der Waals surface area contributed by atoms with E-state index in [9.17, 15) is 8.42 Å². The highest BCUT2D eigenvalue weighted by Gasteiger charge is 2.24. The number of imidazole rings is 1. The van der Waals surface area contributed by atoms with E-state index in [1.165, 1.54) is 15.7 Å². The first-order valence-corrected chi connectivity index (χ1v) is 8.14. The van der Waals surface area contributed by atoms with E-state index in [-0.39, 0.29) is 10.8 Å². The lowest BCUT2D eigenvalue weighted by Crippen LogP contribution is -2.16. The largest absolute Gasteiger partial charge is 0.381 e. The van der Waals surface area contributed by atoms with E-state index in [2.05, 4.69) is 9.71 Å². The predicted octanol–water partition coefficient (Wildman–Crippen LogP) is 2.09. The van der Waals surface area contributed by atoms with E-state index in [0.717, 1.165) is 5.56 Å². The van der Waals surface area contributed by atoms with Crippen molar-refractivity contribution in [1.82, 2.24) is 9.38 Å². The molecule has 2 aromatic heterocycles. The normalized spacial score (nSPS) is 11.8. The lowest BCUT2D eigenvalue weighted by atomic mass is 10.2. The number of hydrogen-bond donors (Lipinski definition) is 2. The Hall–Kier alpha value is -2.06. The van der Waals surface area contributed by atoms with E-state index < -0.39 is 10.0 Å². The van der Waals surface area contributed by atoms with Crippen molar-refractivity contribution < 1.29 is 8.42 Å². The van der Waals surface area contributed by atoms with Crippen LogP contribution in [0, 0.1) is 6.92 Å². The molecule has 2 heterocycles. The maximum absolute atomic E-state index is 12.4. The molecule has 0 spiro atoms. The summed E-state index contributed by atoms with van der Waals surface area (Å²) < 4.78 is 28.8. The van der Waals surface area contributed by atoms with Crippen LogP contribution in [0.3, 0.4) is 0 Å². The molecule has 0 saturated carbocycles. The van der Waals surface area contributed by atoms with Gasteiger partial charge in [0.05, 0.1) is 0 Å². The molecule has 0 amide bonds. The van der Waals surface area contributed by atoms with Crippen LogP contribution in [-0.4, -0.2) is 17.8 Å². The quantitative estimate of drug-likeness (QED) is 0.775. The minimum Gasteiger partial charge on any atom is -0.381 e. The van der Waals surface area contributed by atoms with Crippen LogP contribution in [-0.2, 0) is 10.0 Å². The van der Waals surface area contributed by atoms with Gasteiger partial charge in [0.1, 0.15) is 0 Å². The van der Waals surface area contributed by atoms with Crippen LogP contribution in [0.5, 0.6) is 0 Å². The number of nitrogens with two attached hydrogens (primary N) is 1. The minimum atomic E-state index is -3.78. The summed E-state index contributed by atoms with van der Waals surface area (Å²) in [6.07, 6.45) is 1.63. The first-order chi connectivity index (χ1) is 9.47. The number of anilines is 2. The summed E-state index contributed by atoms with van der Waals surface area (Å²) in [5.41, 5.74) is 7.26. The van der Waals surface area contributed by atoms with E-state index in [1.54, 1.807) is 23.7 Å². The molecule has 0 atom stereocenters. The number of nitrogens with zero attached hydrogens (tertiary/aromatic N) is 2.